The third-order valence-electron chi connectivity index (χ3n) is 7.16. The van der Waals surface area contributed by atoms with E-state index in [0.29, 0.717) is 41.6 Å². The van der Waals surface area contributed by atoms with Crippen LogP contribution >= 0.6 is 0 Å². The average Bonchev–Trinajstić information content (AvgIpc) is 3.49. The standard InChI is InChI=1S/C30H32FN3O5S/c1-20(2)39-25-11-13-26(14-12-25)40(37,38)33-19-24(17-23(33)10-8-21-6-4-3-5-7-21)34-29-16-22(31)9-15-27(29)28(32-34)18-30(35)36/h3-7,9,11-16,20,23-24H,8,10,17-19H2,1-2H3,(H,35,36)/t23-,24+/m0/s1. The van der Waals surface area contributed by atoms with Crippen molar-refractivity contribution in [2.24, 2.45) is 0 Å². The second-order valence-corrected chi connectivity index (χ2v) is 12.3. The number of carboxylic acid groups (broad SMARTS) is 1. The summed E-state index contributed by atoms with van der Waals surface area (Å²) in [6, 6.07) is 19.7. The molecule has 1 saturated heterocycles. The molecule has 0 amide bonds. The van der Waals surface area contributed by atoms with Crippen LogP contribution in [0, 0.1) is 5.82 Å². The molecule has 0 unspecified atom stereocenters. The first-order valence-corrected chi connectivity index (χ1v) is 14.8. The first-order valence-electron chi connectivity index (χ1n) is 13.3. The molecule has 1 aliphatic heterocycles. The summed E-state index contributed by atoms with van der Waals surface area (Å²) in [6.07, 6.45) is 1.38. The van der Waals surface area contributed by atoms with E-state index >= 15 is 0 Å². The minimum atomic E-state index is -3.88. The van der Waals surface area contributed by atoms with E-state index in [9.17, 15) is 22.7 Å². The van der Waals surface area contributed by atoms with Crippen LogP contribution in [0.25, 0.3) is 10.9 Å². The van der Waals surface area contributed by atoms with Crippen molar-refractivity contribution in [1.82, 2.24) is 14.1 Å². The molecule has 8 nitrogen and oxygen atoms in total. The highest BCUT2D eigenvalue weighted by Gasteiger charge is 2.41. The number of hydrogen-bond acceptors (Lipinski definition) is 5. The summed E-state index contributed by atoms with van der Waals surface area (Å²) >= 11 is 0. The van der Waals surface area contributed by atoms with Crippen LogP contribution in [-0.2, 0) is 27.7 Å². The minimum absolute atomic E-state index is 0.0380. The van der Waals surface area contributed by atoms with Crippen molar-refractivity contribution in [1.29, 1.82) is 0 Å². The summed E-state index contributed by atoms with van der Waals surface area (Å²) in [6.45, 7) is 3.93. The van der Waals surface area contributed by atoms with Crippen LogP contribution in [0.1, 0.15) is 44.0 Å². The third kappa shape index (κ3) is 5.88. The Bertz CT molecular complexity index is 1600. The Morgan fingerprint density at radius 3 is 2.50 bits per heavy atom. The summed E-state index contributed by atoms with van der Waals surface area (Å²) in [4.78, 5) is 11.6. The van der Waals surface area contributed by atoms with Gasteiger partial charge in [0.25, 0.3) is 0 Å². The fourth-order valence-electron chi connectivity index (χ4n) is 5.40. The lowest BCUT2D eigenvalue weighted by Crippen LogP contribution is -2.36. The van der Waals surface area contributed by atoms with Gasteiger partial charge in [-0.1, -0.05) is 30.3 Å². The lowest BCUT2D eigenvalue weighted by atomic mass is 10.0. The summed E-state index contributed by atoms with van der Waals surface area (Å²) in [5.74, 6) is -0.927. The molecule has 0 saturated carbocycles. The number of hydrogen-bond donors (Lipinski definition) is 1. The van der Waals surface area contributed by atoms with Gasteiger partial charge in [-0.15, -0.1) is 0 Å². The number of ether oxygens (including phenoxy) is 1. The number of carboxylic acids is 1. The van der Waals surface area contributed by atoms with Gasteiger partial charge in [-0.05, 0) is 81.1 Å². The molecule has 1 N–H and O–H groups in total. The molecule has 40 heavy (non-hydrogen) atoms. The number of fused-ring (bicyclic) bond motifs is 1. The van der Waals surface area contributed by atoms with E-state index in [1.807, 2.05) is 44.2 Å². The van der Waals surface area contributed by atoms with Crippen molar-refractivity contribution in [3.8, 4) is 5.75 Å². The molecule has 210 valence electrons. The van der Waals surface area contributed by atoms with E-state index in [-0.39, 0.29) is 30.0 Å². The van der Waals surface area contributed by atoms with Gasteiger partial charge in [-0.2, -0.15) is 9.40 Å². The predicted octanol–water partition coefficient (Wildman–Crippen LogP) is 5.23. The fourth-order valence-corrected chi connectivity index (χ4v) is 7.10. The molecule has 3 aromatic carbocycles. The first-order chi connectivity index (χ1) is 19.1. The molecule has 0 aliphatic carbocycles. The molecule has 1 fully saturated rings. The molecule has 0 spiro atoms. The number of aromatic nitrogens is 2. The maximum Gasteiger partial charge on any atom is 0.309 e. The van der Waals surface area contributed by atoms with Crippen molar-refractivity contribution < 1.29 is 27.4 Å². The van der Waals surface area contributed by atoms with Crippen molar-refractivity contribution in [2.75, 3.05) is 6.54 Å². The van der Waals surface area contributed by atoms with E-state index in [2.05, 4.69) is 5.10 Å². The number of benzene rings is 3. The van der Waals surface area contributed by atoms with Gasteiger partial charge in [0, 0.05) is 18.0 Å². The zero-order valence-electron chi connectivity index (χ0n) is 22.4. The van der Waals surface area contributed by atoms with Crippen LogP contribution in [0.2, 0.25) is 0 Å². The van der Waals surface area contributed by atoms with Gasteiger partial charge < -0.3 is 9.84 Å². The van der Waals surface area contributed by atoms with Crippen LogP contribution in [0.15, 0.2) is 77.7 Å². The van der Waals surface area contributed by atoms with E-state index in [1.54, 1.807) is 28.9 Å². The molecular formula is C30H32FN3O5S. The zero-order chi connectivity index (χ0) is 28.4. The molecule has 1 aliphatic rings. The Balaban J connectivity index is 1.50. The Labute approximate surface area is 233 Å². The second-order valence-electron chi connectivity index (χ2n) is 10.4. The van der Waals surface area contributed by atoms with E-state index < -0.39 is 27.9 Å². The number of carbonyl (C=O) groups is 1. The molecule has 0 radical (unpaired) electrons. The van der Waals surface area contributed by atoms with Crippen LogP contribution in [0.3, 0.4) is 0 Å². The molecule has 0 bridgehead atoms. The predicted molar refractivity (Wildman–Crippen MR) is 149 cm³/mol. The van der Waals surface area contributed by atoms with Gasteiger partial charge in [-0.25, -0.2) is 12.8 Å². The normalized spacial score (nSPS) is 18.0. The average molecular weight is 566 g/mol. The van der Waals surface area contributed by atoms with E-state index in [4.69, 9.17) is 4.74 Å². The maximum atomic E-state index is 14.3. The lowest BCUT2D eigenvalue weighted by Gasteiger charge is -2.24. The highest BCUT2D eigenvalue weighted by molar-refractivity contribution is 7.89. The number of aliphatic carboxylic acids is 1. The highest BCUT2D eigenvalue weighted by Crippen LogP contribution is 2.37. The Morgan fingerprint density at radius 1 is 1.10 bits per heavy atom. The molecule has 1 aromatic heterocycles. The summed E-state index contributed by atoms with van der Waals surface area (Å²) in [5.41, 5.74) is 1.89. The lowest BCUT2D eigenvalue weighted by molar-refractivity contribution is -0.136. The quantitative estimate of drug-likeness (QED) is 0.283. The second kappa shape index (κ2) is 11.4. The first kappa shape index (κ1) is 27.8. The molecule has 2 atom stereocenters. The van der Waals surface area contributed by atoms with Crippen LogP contribution in [0.4, 0.5) is 4.39 Å². The molecule has 5 rings (SSSR count). The number of sulfonamides is 1. The van der Waals surface area contributed by atoms with Gasteiger partial charge in [0.15, 0.2) is 0 Å². The zero-order valence-corrected chi connectivity index (χ0v) is 23.2. The smallest absolute Gasteiger partial charge is 0.309 e. The number of nitrogens with zero attached hydrogens (tertiary/aromatic N) is 3. The number of aryl methyl sites for hydroxylation is 1. The third-order valence-corrected chi connectivity index (χ3v) is 9.10. The van der Waals surface area contributed by atoms with Crippen molar-refractivity contribution in [3.63, 3.8) is 0 Å². The molecular weight excluding hydrogens is 533 g/mol. The SMILES string of the molecule is CC(C)Oc1ccc(S(=O)(=O)N2C[C@H](n3nc(CC(=O)O)c4ccc(F)cc43)C[C@@H]2CCc2ccccc2)cc1. The molecule has 2 heterocycles. The fraction of sp³-hybridized carbons (Fsp3) is 0.333. The van der Waals surface area contributed by atoms with Gasteiger partial charge in [-0.3, -0.25) is 9.48 Å². The Morgan fingerprint density at radius 2 is 1.82 bits per heavy atom. The van der Waals surface area contributed by atoms with Crippen LogP contribution in [0.5, 0.6) is 5.75 Å². The molecule has 4 aromatic rings. The van der Waals surface area contributed by atoms with Crippen molar-refractivity contribution >= 4 is 26.9 Å². The van der Waals surface area contributed by atoms with Crippen LogP contribution < -0.4 is 4.74 Å². The summed E-state index contributed by atoms with van der Waals surface area (Å²) in [5, 5.41) is 14.5. The Hall–Kier alpha value is -3.76. The van der Waals surface area contributed by atoms with Crippen molar-refractivity contribution in [3.05, 3.63) is 89.9 Å². The Kier molecular flexibility index (Phi) is 7.91. The van der Waals surface area contributed by atoms with E-state index in [1.165, 1.54) is 22.5 Å². The summed E-state index contributed by atoms with van der Waals surface area (Å²) < 4.78 is 51.0. The topological polar surface area (TPSA) is 102 Å². The number of rotatable bonds is 10. The largest absolute Gasteiger partial charge is 0.491 e. The minimum Gasteiger partial charge on any atom is -0.491 e. The number of halogens is 1. The van der Waals surface area contributed by atoms with Gasteiger partial charge in [0.1, 0.15) is 11.6 Å². The van der Waals surface area contributed by atoms with Gasteiger partial charge in [0.2, 0.25) is 10.0 Å². The van der Waals surface area contributed by atoms with Crippen molar-refractivity contribution in [2.45, 2.75) is 62.6 Å². The van der Waals surface area contributed by atoms with E-state index in [0.717, 1.165) is 5.56 Å². The maximum absolute atomic E-state index is 14.3. The van der Waals surface area contributed by atoms with Crippen LogP contribution in [-0.4, -0.2) is 52.3 Å². The van der Waals surface area contributed by atoms with Gasteiger partial charge >= 0.3 is 5.97 Å². The highest BCUT2D eigenvalue weighted by atomic mass is 32.2. The summed E-state index contributed by atoms with van der Waals surface area (Å²) in [7, 11) is -3.88. The molecule has 10 heteroatoms. The van der Waals surface area contributed by atoms with Gasteiger partial charge in [0.05, 0.1) is 34.7 Å². The monoisotopic (exact) mass is 565 g/mol.